The van der Waals surface area contributed by atoms with Crippen molar-refractivity contribution in [2.75, 3.05) is 0 Å². The third-order valence-corrected chi connectivity index (χ3v) is 2.72. The van der Waals surface area contributed by atoms with Crippen molar-refractivity contribution in [2.24, 2.45) is 0 Å². The third kappa shape index (κ3) is 3.07. The van der Waals surface area contributed by atoms with Gasteiger partial charge in [0.2, 0.25) is 0 Å². The molecular weight excluding hydrogens is 234 g/mol. The Morgan fingerprint density at radius 3 is 3.00 bits per heavy atom. The zero-order chi connectivity index (χ0) is 8.97. The number of hydrogen-bond donors (Lipinski definition) is 0. The lowest BCUT2D eigenvalue weighted by molar-refractivity contribution is 1.09. The van der Waals surface area contributed by atoms with Crippen molar-refractivity contribution in [3.8, 4) is 0 Å². The van der Waals surface area contributed by atoms with E-state index in [-0.39, 0.29) is 0 Å². The van der Waals surface area contributed by atoms with Gasteiger partial charge in [0, 0.05) is 10.2 Å². The van der Waals surface area contributed by atoms with Crippen LogP contribution in [0.1, 0.15) is 24.5 Å². The Morgan fingerprint density at radius 1 is 1.75 bits per heavy atom. The first kappa shape index (κ1) is 9.93. The lowest BCUT2D eigenvalue weighted by Crippen LogP contribution is -1.81. The molecule has 0 aliphatic heterocycles. The van der Waals surface area contributed by atoms with Crippen LogP contribution in [0.4, 0.5) is 0 Å². The Balaban J connectivity index is 2.63. The van der Waals surface area contributed by atoms with E-state index in [0.717, 1.165) is 12.1 Å². The quantitative estimate of drug-likeness (QED) is 0.744. The first-order valence-electron chi connectivity index (χ1n) is 3.99. The van der Waals surface area contributed by atoms with E-state index in [2.05, 4.69) is 52.3 Å². The van der Waals surface area contributed by atoms with Crippen molar-refractivity contribution >= 4 is 33.3 Å². The van der Waals surface area contributed by atoms with Crippen molar-refractivity contribution in [3.63, 3.8) is 0 Å². The molecule has 0 saturated heterocycles. The summed E-state index contributed by atoms with van der Waals surface area (Å²) in [6.45, 7) is 4.21. The fourth-order valence-electron chi connectivity index (χ4n) is 0.795. The van der Waals surface area contributed by atoms with Crippen LogP contribution in [-0.4, -0.2) is 9.81 Å². The van der Waals surface area contributed by atoms with Crippen LogP contribution < -0.4 is 0 Å². The first-order chi connectivity index (χ1) is 5.72. The van der Waals surface area contributed by atoms with Crippen molar-refractivity contribution in [1.29, 1.82) is 0 Å². The molecule has 0 N–H and O–H groups in total. The van der Waals surface area contributed by atoms with E-state index >= 15 is 0 Å². The second-order valence-electron chi connectivity index (χ2n) is 2.56. The van der Waals surface area contributed by atoms with E-state index in [4.69, 9.17) is 0 Å². The topological polar surface area (TPSA) is 12.9 Å². The van der Waals surface area contributed by atoms with E-state index in [1.54, 1.807) is 11.3 Å². The van der Waals surface area contributed by atoms with Crippen molar-refractivity contribution in [2.45, 2.75) is 25.1 Å². The Labute approximate surface area is 85.7 Å². The van der Waals surface area contributed by atoms with E-state index in [1.165, 1.54) is 5.01 Å². The summed E-state index contributed by atoms with van der Waals surface area (Å²) in [7, 11) is 0. The SMILES string of the molecule is CCc1nc(/C=C/C(C)Br)cs1. The molecule has 0 spiro atoms. The van der Waals surface area contributed by atoms with Gasteiger partial charge in [-0.25, -0.2) is 4.98 Å². The fourth-order valence-corrected chi connectivity index (χ4v) is 1.66. The van der Waals surface area contributed by atoms with E-state index < -0.39 is 0 Å². The monoisotopic (exact) mass is 245 g/mol. The van der Waals surface area contributed by atoms with Crippen LogP contribution in [0.3, 0.4) is 0 Å². The minimum atomic E-state index is 0.421. The molecule has 12 heavy (non-hydrogen) atoms. The minimum Gasteiger partial charge on any atom is -0.242 e. The summed E-state index contributed by atoms with van der Waals surface area (Å²) in [6, 6.07) is 0. The number of halogens is 1. The van der Waals surface area contributed by atoms with Crippen LogP contribution in [0.15, 0.2) is 11.5 Å². The molecule has 0 aliphatic rings. The first-order valence-corrected chi connectivity index (χ1v) is 5.78. The van der Waals surface area contributed by atoms with Gasteiger partial charge >= 0.3 is 0 Å². The molecule has 1 unspecified atom stereocenters. The van der Waals surface area contributed by atoms with Gasteiger partial charge in [0.1, 0.15) is 0 Å². The van der Waals surface area contributed by atoms with E-state index in [1.807, 2.05) is 0 Å². The maximum absolute atomic E-state index is 4.41. The summed E-state index contributed by atoms with van der Waals surface area (Å²) in [5.41, 5.74) is 1.07. The van der Waals surface area contributed by atoms with Crippen LogP contribution in [-0.2, 0) is 6.42 Å². The van der Waals surface area contributed by atoms with Gasteiger partial charge in [-0.15, -0.1) is 11.3 Å². The number of aryl methyl sites for hydroxylation is 1. The smallest absolute Gasteiger partial charge is 0.0929 e. The van der Waals surface area contributed by atoms with Crippen LogP contribution in [0.5, 0.6) is 0 Å². The molecule has 0 aromatic carbocycles. The maximum atomic E-state index is 4.41. The molecule has 66 valence electrons. The summed E-state index contributed by atoms with van der Waals surface area (Å²) in [5, 5.41) is 3.29. The molecule has 1 nitrogen and oxygen atoms in total. The van der Waals surface area contributed by atoms with Gasteiger partial charge < -0.3 is 0 Å². The molecule has 0 radical (unpaired) electrons. The predicted molar refractivity (Wildman–Crippen MR) is 58.9 cm³/mol. The van der Waals surface area contributed by atoms with Crippen molar-refractivity contribution in [1.82, 2.24) is 4.98 Å². The second kappa shape index (κ2) is 4.77. The molecule has 0 saturated carbocycles. The molecule has 0 bridgehead atoms. The van der Waals surface area contributed by atoms with Crippen LogP contribution in [0.2, 0.25) is 0 Å². The van der Waals surface area contributed by atoms with Gasteiger partial charge in [-0.05, 0) is 19.4 Å². The molecule has 1 aromatic rings. The summed E-state index contributed by atoms with van der Waals surface area (Å²) in [4.78, 5) is 4.83. The minimum absolute atomic E-state index is 0.421. The zero-order valence-corrected chi connectivity index (χ0v) is 9.65. The molecule has 1 heterocycles. The van der Waals surface area contributed by atoms with Gasteiger partial charge in [-0.2, -0.15) is 0 Å². The fraction of sp³-hybridized carbons (Fsp3) is 0.444. The average molecular weight is 246 g/mol. The summed E-state index contributed by atoms with van der Waals surface area (Å²) >= 11 is 5.17. The normalized spacial score (nSPS) is 13.9. The van der Waals surface area contributed by atoms with E-state index in [9.17, 15) is 0 Å². The molecule has 1 aromatic heterocycles. The molecule has 0 fully saturated rings. The number of aromatic nitrogens is 1. The number of alkyl halides is 1. The number of thiazole rings is 1. The molecule has 3 heteroatoms. The molecule has 0 amide bonds. The molecule has 1 atom stereocenters. The zero-order valence-electron chi connectivity index (χ0n) is 7.25. The van der Waals surface area contributed by atoms with Crippen molar-refractivity contribution in [3.05, 3.63) is 22.2 Å². The lowest BCUT2D eigenvalue weighted by Gasteiger charge is -1.88. The maximum Gasteiger partial charge on any atom is 0.0929 e. The number of hydrogen-bond acceptors (Lipinski definition) is 2. The molecule has 1 rings (SSSR count). The standard InChI is InChI=1S/C9H12BrNS/c1-3-9-11-8(6-12-9)5-4-7(2)10/h4-7H,3H2,1-2H3/b5-4+. The largest absolute Gasteiger partial charge is 0.242 e. The summed E-state index contributed by atoms with van der Waals surface area (Å²) in [6.07, 6.45) is 5.17. The number of rotatable bonds is 3. The summed E-state index contributed by atoms with van der Waals surface area (Å²) < 4.78 is 0. The van der Waals surface area contributed by atoms with Crippen LogP contribution >= 0.6 is 27.3 Å². The Hall–Kier alpha value is -0.150. The molecular formula is C9H12BrNS. The van der Waals surface area contributed by atoms with E-state index in [0.29, 0.717) is 4.83 Å². The van der Waals surface area contributed by atoms with Gasteiger partial charge in [0.05, 0.1) is 10.7 Å². The Kier molecular flexibility index (Phi) is 3.95. The Morgan fingerprint density at radius 2 is 2.50 bits per heavy atom. The van der Waals surface area contributed by atoms with Gasteiger partial charge in [-0.1, -0.05) is 28.9 Å². The lowest BCUT2D eigenvalue weighted by atomic mass is 10.3. The van der Waals surface area contributed by atoms with Crippen molar-refractivity contribution < 1.29 is 0 Å². The summed E-state index contributed by atoms with van der Waals surface area (Å²) in [5.74, 6) is 0. The highest BCUT2D eigenvalue weighted by Crippen LogP contribution is 2.12. The highest BCUT2D eigenvalue weighted by atomic mass is 79.9. The van der Waals surface area contributed by atoms with Gasteiger partial charge in [-0.3, -0.25) is 0 Å². The number of allylic oxidation sites excluding steroid dienone is 1. The van der Waals surface area contributed by atoms with Gasteiger partial charge in [0.25, 0.3) is 0 Å². The van der Waals surface area contributed by atoms with Gasteiger partial charge in [0.15, 0.2) is 0 Å². The van der Waals surface area contributed by atoms with Crippen LogP contribution in [0, 0.1) is 0 Å². The third-order valence-electron chi connectivity index (χ3n) is 1.40. The van der Waals surface area contributed by atoms with Crippen LogP contribution in [0.25, 0.3) is 6.08 Å². The Bertz CT molecular complexity index is 265. The predicted octanol–water partition coefficient (Wildman–Crippen LogP) is 3.50. The average Bonchev–Trinajstić information content (AvgIpc) is 2.48. The second-order valence-corrected chi connectivity index (χ2v) is 4.94. The highest BCUT2D eigenvalue weighted by Gasteiger charge is 1.95. The molecule has 0 aliphatic carbocycles. The highest BCUT2D eigenvalue weighted by molar-refractivity contribution is 9.09. The number of nitrogens with zero attached hydrogens (tertiary/aromatic N) is 1.